The average molecular weight is 551 g/mol. The Hall–Kier alpha value is -5.54. The Morgan fingerprint density at radius 1 is 0.465 bits per heavy atom. The second-order valence-electron chi connectivity index (χ2n) is 11.7. The number of fused-ring (bicyclic) bond motifs is 11. The predicted molar refractivity (Wildman–Crippen MR) is 178 cm³/mol. The third-order valence-electron chi connectivity index (χ3n) is 9.38. The number of hydrogen-bond acceptors (Lipinski definition) is 1. The second kappa shape index (κ2) is 8.50. The highest BCUT2D eigenvalue weighted by molar-refractivity contribution is 6.15. The number of hydrogen-bond donors (Lipinski definition) is 0. The third kappa shape index (κ3) is 3.14. The van der Waals surface area contributed by atoms with Crippen LogP contribution in [0.1, 0.15) is 11.3 Å². The lowest BCUT2D eigenvalue weighted by Gasteiger charge is -2.16. The lowest BCUT2D eigenvalue weighted by Crippen LogP contribution is -2.05. The number of aryl methyl sites for hydroxylation is 2. The Bertz CT molecular complexity index is 2560. The van der Waals surface area contributed by atoms with Crippen molar-refractivity contribution in [2.45, 2.75) is 12.8 Å². The molecule has 0 saturated heterocycles. The number of aromatic nitrogens is 2. The lowest BCUT2D eigenvalue weighted by atomic mass is 9.92. The standard InChI is InChI=1S/C40H26N2O/c1-2-12-27(13-3-1)42-36-24-35-32(23-33(36)30-20-21-38-39(40(30)42)31-15-7-9-17-37(31)43-38)29-14-6-8-16-34(29)41(35)28-19-18-25-10-4-5-11-26(25)22-28/h1-19,22-24H,20-21H2. The SMILES string of the molecule is c1ccc(-n2c3c(c4cc5c6ccccc6n(-c6ccc7ccccc7c6)c5cc42)CCc2oc4ccccc4c2-3)cc1. The minimum atomic E-state index is 0.905. The maximum atomic E-state index is 6.45. The van der Waals surface area contributed by atoms with E-state index in [1.165, 1.54) is 77.1 Å². The highest BCUT2D eigenvalue weighted by Crippen LogP contribution is 2.48. The molecule has 10 rings (SSSR count). The van der Waals surface area contributed by atoms with Crippen LogP contribution in [0.25, 0.3) is 77.1 Å². The van der Waals surface area contributed by atoms with Gasteiger partial charge >= 0.3 is 0 Å². The summed E-state index contributed by atoms with van der Waals surface area (Å²) in [4.78, 5) is 0. The Morgan fingerprint density at radius 2 is 1.21 bits per heavy atom. The summed E-state index contributed by atoms with van der Waals surface area (Å²) in [7, 11) is 0. The summed E-state index contributed by atoms with van der Waals surface area (Å²) in [5, 5.41) is 7.57. The molecule has 0 N–H and O–H groups in total. The molecule has 43 heavy (non-hydrogen) atoms. The molecule has 0 fully saturated rings. The fraction of sp³-hybridized carbons (Fsp3) is 0.0500. The fourth-order valence-electron chi connectivity index (χ4n) is 7.54. The summed E-state index contributed by atoms with van der Waals surface area (Å²) >= 11 is 0. The predicted octanol–water partition coefficient (Wildman–Crippen LogP) is 10.4. The minimum Gasteiger partial charge on any atom is -0.460 e. The van der Waals surface area contributed by atoms with Crippen LogP contribution in [0.5, 0.6) is 0 Å². The zero-order chi connectivity index (χ0) is 28.1. The largest absolute Gasteiger partial charge is 0.460 e. The molecule has 3 heterocycles. The first-order valence-electron chi connectivity index (χ1n) is 15.0. The topological polar surface area (TPSA) is 23.0 Å². The first-order chi connectivity index (χ1) is 21.3. The molecule has 1 aliphatic rings. The van der Waals surface area contributed by atoms with Crippen molar-refractivity contribution in [1.82, 2.24) is 9.13 Å². The van der Waals surface area contributed by atoms with Crippen LogP contribution in [0.4, 0.5) is 0 Å². The van der Waals surface area contributed by atoms with Gasteiger partial charge in [0.15, 0.2) is 0 Å². The van der Waals surface area contributed by atoms with Crippen LogP contribution >= 0.6 is 0 Å². The molecule has 0 aliphatic heterocycles. The van der Waals surface area contributed by atoms with Gasteiger partial charge in [0, 0.05) is 44.9 Å². The molecule has 202 valence electrons. The van der Waals surface area contributed by atoms with Gasteiger partial charge in [-0.1, -0.05) is 84.9 Å². The summed E-state index contributed by atoms with van der Waals surface area (Å²) < 4.78 is 11.4. The molecule has 0 amide bonds. The van der Waals surface area contributed by atoms with Gasteiger partial charge in [-0.05, 0) is 71.3 Å². The molecular weight excluding hydrogens is 524 g/mol. The van der Waals surface area contributed by atoms with E-state index in [1.54, 1.807) is 0 Å². The quantitative estimate of drug-likeness (QED) is 0.210. The van der Waals surface area contributed by atoms with Gasteiger partial charge in [0.25, 0.3) is 0 Å². The van der Waals surface area contributed by atoms with Gasteiger partial charge in [0.1, 0.15) is 11.3 Å². The van der Waals surface area contributed by atoms with Crippen molar-refractivity contribution in [3.63, 3.8) is 0 Å². The first-order valence-corrected chi connectivity index (χ1v) is 15.0. The van der Waals surface area contributed by atoms with Crippen LogP contribution in [-0.2, 0) is 12.8 Å². The Labute approximate surface area is 247 Å². The van der Waals surface area contributed by atoms with Crippen molar-refractivity contribution >= 4 is 54.5 Å². The van der Waals surface area contributed by atoms with Gasteiger partial charge < -0.3 is 13.6 Å². The van der Waals surface area contributed by atoms with Gasteiger partial charge in [0.05, 0.1) is 22.2 Å². The van der Waals surface area contributed by atoms with Crippen molar-refractivity contribution < 1.29 is 4.42 Å². The van der Waals surface area contributed by atoms with Crippen LogP contribution < -0.4 is 0 Å². The van der Waals surface area contributed by atoms with E-state index in [9.17, 15) is 0 Å². The highest BCUT2D eigenvalue weighted by atomic mass is 16.3. The van der Waals surface area contributed by atoms with Crippen LogP contribution in [0.3, 0.4) is 0 Å². The maximum Gasteiger partial charge on any atom is 0.134 e. The van der Waals surface area contributed by atoms with E-state index in [0.29, 0.717) is 0 Å². The number of para-hydroxylation sites is 3. The molecule has 1 aliphatic carbocycles. The number of nitrogens with zero attached hydrogens (tertiary/aromatic N) is 2. The molecule has 0 unspecified atom stereocenters. The highest BCUT2D eigenvalue weighted by Gasteiger charge is 2.30. The summed E-state index contributed by atoms with van der Waals surface area (Å²) in [6.07, 6.45) is 1.86. The number of furan rings is 1. The average Bonchev–Trinajstić information content (AvgIpc) is 3.71. The van der Waals surface area contributed by atoms with E-state index in [0.717, 1.165) is 24.2 Å². The molecule has 0 saturated carbocycles. The zero-order valence-electron chi connectivity index (χ0n) is 23.4. The number of benzene rings is 6. The van der Waals surface area contributed by atoms with Crippen LogP contribution in [0, 0.1) is 0 Å². The molecule has 3 aromatic heterocycles. The van der Waals surface area contributed by atoms with Crippen molar-refractivity contribution in [2.75, 3.05) is 0 Å². The summed E-state index contributed by atoms with van der Waals surface area (Å²) in [6.45, 7) is 0. The molecule has 0 bridgehead atoms. The fourth-order valence-corrected chi connectivity index (χ4v) is 7.54. The Balaban J connectivity index is 1.37. The van der Waals surface area contributed by atoms with Crippen molar-refractivity contribution in [3.05, 3.63) is 145 Å². The van der Waals surface area contributed by atoms with E-state index >= 15 is 0 Å². The summed E-state index contributed by atoms with van der Waals surface area (Å²) in [5.74, 6) is 1.09. The number of rotatable bonds is 2. The Morgan fingerprint density at radius 3 is 2.12 bits per heavy atom. The van der Waals surface area contributed by atoms with Gasteiger partial charge in [-0.25, -0.2) is 0 Å². The van der Waals surface area contributed by atoms with Crippen molar-refractivity contribution in [3.8, 4) is 22.6 Å². The van der Waals surface area contributed by atoms with E-state index < -0.39 is 0 Å². The van der Waals surface area contributed by atoms with Gasteiger partial charge in [-0.2, -0.15) is 0 Å². The van der Waals surface area contributed by atoms with Crippen LogP contribution in [0.15, 0.2) is 138 Å². The molecular formula is C40H26N2O. The smallest absolute Gasteiger partial charge is 0.134 e. The van der Waals surface area contributed by atoms with E-state index in [-0.39, 0.29) is 0 Å². The van der Waals surface area contributed by atoms with E-state index in [4.69, 9.17) is 4.42 Å². The molecule has 6 aromatic carbocycles. The second-order valence-corrected chi connectivity index (χ2v) is 11.7. The summed E-state index contributed by atoms with van der Waals surface area (Å²) in [5.41, 5.74) is 10.9. The van der Waals surface area contributed by atoms with Crippen molar-refractivity contribution in [2.24, 2.45) is 0 Å². The molecule has 0 spiro atoms. The summed E-state index contributed by atoms with van der Waals surface area (Å²) in [6, 6.07) is 48.4. The molecule has 0 atom stereocenters. The molecule has 9 aromatic rings. The van der Waals surface area contributed by atoms with E-state index in [2.05, 4.69) is 143 Å². The zero-order valence-corrected chi connectivity index (χ0v) is 23.4. The molecule has 3 nitrogen and oxygen atoms in total. The van der Waals surface area contributed by atoms with E-state index in [1.807, 2.05) is 0 Å². The van der Waals surface area contributed by atoms with Gasteiger partial charge in [-0.15, -0.1) is 0 Å². The minimum absolute atomic E-state index is 0.905. The molecule has 3 heteroatoms. The normalized spacial score (nSPS) is 12.9. The van der Waals surface area contributed by atoms with Crippen LogP contribution in [-0.4, -0.2) is 9.13 Å². The van der Waals surface area contributed by atoms with Crippen LogP contribution in [0.2, 0.25) is 0 Å². The Kier molecular flexibility index (Phi) is 4.56. The van der Waals surface area contributed by atoms with Crippen molar-refractivity contribution in [1.29, 1.82) is 0 Å². The molecule has 0 radical (unpaired) electrons. The lowest BCUT2D eigenvalue weighted by molar-refractivity contribution is 0.545. The van der Waals surface area contributed by atoms with Gasteiger partial charge in [-0.3, -0.25) is 0 Å². The third-order valence-corrected chi connectivity index (χ3v) is 9.38. The first kappa shape index (κ1) is 23.1. The maximum absolute atomic E-state index is 6.45. The monoisotopic (exact) mass is 550 g/mol. The van der Waals surface area contributed by atoms with Gasteiger partial charge in [0.2, 0.25) is 0 Å².